The summed E-state index contributed by atoms with van der Waals surface area (Å²) in [6.07, 6.45) is 12.6. The predicted molar refractivity (Wildman–Crippen MR) is 109 cm³/mol. The molecule has 27 heavy (non-hydrogen) atoms. The lowest BCUT2D eigenvalue weighted by molar-refractivity contribution is -0.124. The van der Waals surface area contributed by atoms with Crippen molar-refractivity contribution in [2.24, 2.45) is 0 Å². The maximum atomic E-state index is 13.0. The fourth-order valence-electron chi connectivity index (χ4n) is 3.61. The van der Waals surface area contributed by atoms with Gasteiger partial charge in [-0.15, -0.1) is 6.42 Å². The molecule has 0 bridgehead atoms. The van der Waals surface area contributed by atoms with E-state index in [4.69, 9.17) is 28.1 Å². The number of likely N-dealkylation sites (N-methyl/N-ethyl adjacent to an activating group) is 1. The van der Waals surface area contributed by atoms with E-state index in [1.54, 1.807) is 23.0 Å². The number of carbonyl (C=O) groups is 1. The van der Waals surface area contributed by atoms with Crippen molar-refractivity contribution >= 4 is 29.3 Å². The molecule has 1 saturated carbocycles. The lowest BCUT2D eigenvalue weighted by Crippen LogP contribution is -2.41. The summed E-state index contributed by atoms with van der Waals surface area (Å²) in [5.41, 5.74) is 1.41. The Morgan fingerprint density at radius 3 is 2.70 bits per heavy atom. The molecule has 1 heterocycles. The van der Waals surface area contributed by atoms with Crippen LogP contribution in [0.15, 0.2) is 23.9 Å². The van der Waals surface area contributed by atoms with Crippen LogP contribution in [0.5, 0.6) is 11.5 Å². The third kappa shape index (κ3) is 3.93. The van der Waals surface area contributed by atoms with E-state index in [0.29, 0.717) is 22.3 Å². The van der Waals surface area contributed by atoms with E-state index in [1.165, 1.54) is 6.42 Å². The maximum absolute atomic E-state index is 13.0. The highest BCUT2D eigenvalue weighted by Crippen LogP contribution is 2.32. The van der Waals surface area contributed by atoms with Crippen molar-refractivity contribution in [3.8, 4) is 23.8 Å². The summed E-state index contributed by atoms with van der Waals surface area (Å²) in [7, 11) is 3.41. The summed E-state index contributed by atoms with van der Waals surface area (Å²) >= 11 is 5.56. The highest BCUT2D eigenvalue weighted by Gasteiger charge is 2.40. The number of hydrogen-bond donors (Lipinski definition) is 0. The topological polar surface area (TPSA) is 42.0 Å². The van der Waals surface area contributed by atoms with Gasteiger partial charge in [0.15, 0.2) is 16.6 Å². The Labute approximate surface area is 165 Å². The highest BCUT2D eigenvalue weighted by atomic mass is 32.1. The average molecular weight is 385 g/mol. The summed E-state index contributed by atoms with van der Waals surface area (Å²) in [5.74, 6) is 3.55. The standard InChI is InChI=1S/C21H24N2O3S/c1-4-12-26-18-11-10-15(14-19(18)25-3)13-17-20(24)23(21(27)22(17)2)16-8-6-5-7-9-16/h1,10-11,13-14,16H,5-9,12H2,2-3H3/b17-13-. The Morgan fingerprint density at radius 2 is 2.04 bits per heavy atom. The molecule has 0 N–H and O–H groups in total. The second-order valence-corrected chi connectivity index (χ2v) is 7.11. The van der Waals surface area contributed by atoms with Gasteiger partial charge >= 0.3 is 0 Å². The molecule has 0 unspecified atom stereocenters. The first-order valence-corrected chi connectivity index (χ1v) is 9.55. The summed E-state index contributed by atoms with van der Waals surface area (Å²) in [4.78, 5) is 16.6. The molecule has 1 aromatic rings. The molecule has 0 aromatic heterocycles. The summed E-state index contributed by atoms with van der Waals surface area (Å²) in [5, 5.41) is 0.582. The van der Waals surface area contributed by atoms with Crippen LogP contribution in [0, 0.1) is 12.3 Å². The molecule has 0 atom stereocenters. The van der Waals surface area contributed by atoms with Gasteiger partial charge in [-0.1, -0.05) is 31.2 Å². The smallest absolute Gasteiger partial charge is 0.277 e. The molecule has 2 fully saturated rings. The van der Waals surface area contributed by atoms with E-state index in [9.17, 15) is 4.79 Å². The number of hydrogen-bond acceptors (Lipinski definition) is 4. The second-order valence-electron chi connectivity index (χ2n) is 6.74. The van der Waals surface area contributed by atoms with E-state index in [-0.39, 0.29) is 18.6 Å². The Hall–Kier alpha value is -2.52. The van der Waals surface area contributed by atoms with Crippen LogP contribution < -0.4 is 9.47 Å². The number of benzene rings is 1. The number of carbonyl (C=O) groups excluding carboxylic acids is 1. The van der Waals surface area contributed by atoms with Gasteiger partial charge < -0.3 is 14.4 Å². The second kappa shape index (κ2) is 8.45. The van der Waals surface area contributed by atoms with Gasteiger partial charge in [0.25, 0.3) is 5.91 Å². The third-order valence-electron chi connectivity index (χ3n) is 5.03. The minimum Gasteiger partial charge on any atom is -0.493 e. The SMILES string of the molecule is C#CCOc1ccc(/C=C2/C(=O)N(C3CCCCC3)C(=S)N2C)cc1OC. The molecule has 0 radical (unpaired) electrons. The van der Waals surface area contributed by atoms with Gasteiger partial charge in [0, 0.05) is 13.1 Å². The minimum atomic E-state index is -0.0268. The number of nitrogens with zero attached hydrogens (tertiary/aromatic N) is 2. The van der Waals surface area contributed by atoms with Crippen LogP contribution >= 0.6 is 12.2 Å². The van der Waals surface area contributed by atoms with Gasteiger partial charge in [-0.2, -0.15) is 0 Å². The number of amides is 1. The lowest BCUT2D eigenvalue weighted by atomic mass is 9.94. The highest BCUT2D eigenvalue weighted by molar-refractivity contribution is 7.80. The Bertz CT molecular complexity index is 806. The van der Waals surface area contributed by atoms with Crippen LogP contribution in [0.4, 0.5) is 0 Å². The Kier molecular flexibility index (Phi) is 6.02. The van der Waals surface area contributed by atoms with Crippen LogP contribution in [0.2, 0.25) is 0 Å². The zero-order valence-electron chi connectivity index (χ0n) is 15.7. The first kappa shape index (κ1) is 19.2. The lowest BCUT2D eigenvalue weighted by Gasteiger charge is -2.30. The molecule has 1 aliphatic carbocycles. The number of ether oxygens (including phenoxy) is 2. The largest absolute Gasteiger partial charge is 0.493 e. The number of thiocarbonyl (C=S) groups is 1. The normalized spacial score (nSPS) is 19.5. The van der Waals surface area contributed by atoms with E-state index < -0.39 is 0 Å². The van der Waals surface area contributed by atoms with Crippen molar-refractivity contribution in [2.45, 2.75) is 38.1 Å². The predicted octanol–water partition coefficient (Wildman–Crippen LogP) is 3.44. The molecular formula is C21H24N2O3S. The van der Waals surface area contributed by atoms with Crippen molar-refractivity contribution in [3.63, 3.8) is 0 Å². The zero-order valence-corrected chi connectivity index (χ0v) is 16.6. The average Bonchev–Trinajstić information content (AvgIpc) is 2.90. The third-order valence-corrected chi connectivity index (χ3v) is 5.50. The van der Waals surface area contributed by atoms with Gasteiger partial charge in [-0.25, -0.2) is 0 Å². The molecule has 5 nitrogen and oxygen atoms in total. The van der Waals surface area contributed by atoms with Gasteiger partial charge in [0.05, 0.1) is 7.11 Å². The monoisotopic (exact) mass is 384 g/mol. The van der Waals surface area contributed by atoms with E-state index in [0.717, 1.165) is 31.2 Å². The molecule has 1 saturated heterocycles. The molecule has 6 heteroatoms. The van der Waals surface area contributed by atoms with E-state index in [1.807, 2.05) is 25.3 Å². The van der Waals surface area contributed by atoms with Crippen LogP contribution in [0.3, 0.4) is 0 Å². The quantitative estimate of drug-likeness (QED) is 0.442. The van der Waals surface area contributed by atoms with Crippen molar-refractivity contribution in [1.29, 1.82) is 0 Å². The van der Waals surface area contributed by atoms with Crippen molar-refractivity contribution in [2.75, 3.05) is 20.8 Å². The fraction of sp³-hybridized carbons (Fsp3) is 0.429. The van der Waals surface area contributed by atoms with Crippen LogP contribution in [0.1, 0.15) is 37.7 Å². The first-order chi connectivity index (χ1) is 13.1. The van der Waals surface area contributed by atoms with Crippen LogP contribution in [-0.4, -0.2) is 47.6 Å². The van der Waals surface area contributed by atoms with Crippen molar-refractivity contribution in [1.82, 2.24) is 9.80 Å². The van der Waals surface area contributed by atoms with Gasteiger partial charge in [-0.05, 0) is 48.8 Å². The molecule has 142 valence electrons. The first-order valence-electron chi connectivity index (χ1n) is 9.14. The van der Waals surface area contributed by atoms with E-state index >= 15 is 0 Å². The fourth-order valence-corrected chi connectivity index (χ4v) is 3.94. The van der Waals surface area contributed by atoms with Crippen molar-refractivity contribution in [3.05, 3.63) is 29.5 Å². The van der Waals surface area contributed by atoms with Crippen molar-refractivity contribution < 1.29 is 14.3 Å². The number of rotatable bonds is 5. The molecule has 1 amide bonds. The van der Waals surface area contributed by atoms with Crippen LogP contribution in [0.25, 0.3) is 6.08 Å². The Balaban J connectivity index is 1.86. The number of methoxy groups -OCH3 is 1. The molecular weight excluding hydrogens is 360 g/mol. The molecule has 1 aliphatic heterocycles. The maximum Gasteiger partial charge on any atom is 0.277 e. The Morgan fingerprint density at radius 1 is 1.30 bits per heavy atom. The zero-order chi connectivity index (χ0) is 19.4. The summed E-state index contributed by atoms with van der Waals surface area (Å²) in [6, 6.07) is 5.70. The van der Waals surface area contributed by atoms with Gasteiger partial charge in [-0.3, -0.25) is 9.69 Å². The molecule has 3 rings (SSSR count). The van der Waals surface area contributed by atoms with Crippen LogP contribution in [-0.2, 0) is 4.79 Å². The summed E-state index contributed by atoms with van der Waals surface area (Å²) in [6.45, 7) is 0.169. The molecule has 1 aromatic carbocycles. The van der Waals surface area contributed by atoms with Gasteiger partial charge in [0.1, 0.15) is 12.3 Å². The number of terminal acetylenes is 1. The van der Waals surface area contributed by atoms with E-state index in [2.05, 4.69) is 5.92 Å². The summed E-state index contributed by atoms with van der Waals surface area (Å²) < 4.78 is 10.9. The molecule has 0 spiro atoms. The minimum absolute atomic E-state index is 0.0268. The molecule has 2 aliphatic rings. The van der Waals surface area contributed by atoms with Gasteiger partial charge in [0.2, 0.25) is 0 Å².